The van der Waals surface area contributed by atoms with Gasteiger partial charge in [-0.2, -0.15) is 5.26 Å². The summed E-state index contributed by atoms with van der Waals surface area (Å²) in [4.78, 5) is 27.4. The minimum Gasteiger partial charge on any atom is -0.497 e. The van der Waals surface area contributed by atoms with Gasteiger partial charge in [0.15, 0.2) is 6.61 Å². The van der Waals surface area contributed by atoms with E-state index in [0.717, 1.165) is 24.8 Å². The lowest BCUT2D eigenvalue weighted by Gasteiger charge is -2.60. The zero-order chi connectivity index (χ0) is 21.1. The third-order valence-corrected chi connectivity index (χ3v) is 7.17. The van der Waals surface area contributed by atoms with Crippen molar-refractivity contribution < 1.29 is 19.1 Å². The normalized spacial score (nSPS) is 28.6. The lowest BCUT2D eigenvalue weighted by atomic mass is 9.52. The first kappa shape index (κ1) is 20.7. The molecule has 0 saturated heterocycles. The fraction of sp³-hybridized carbons (Fsp3) is 0.625. The minimum atomic E-state index is -0.428. The zero-order valence-corrected chi connectivity index (χ0v) is 17.6. The molecule has 4 bridgehead atoms. The van der Waals surface area contributed by atoms with E-state index in [0.29, 0.717) is 36.5 Å². The molecular weight excluding hydrogens is 380 g/mol. The number of nitriles is 1. The quantitative estimate of drug-likeness (QED) is 0.613. The van der Waals surface area contributed by atoms with Gasteiger partial charge in [0.05, 0.1) is 26.0 Å². The number of rotatable bonds is 8. The highest BCUT2D eigenvalue weighted by Crippen LogP contribution is 2.57. The van der Waals surface area contributed by atoms with Crippen molar-refractivity contribution >= 4 is 11.9 Å². The van der Waals surface area contributed by atoms with E-state index in [1.165, 1.54) is 19.3 Å². The standard InChI is InChI=1S/C24H30N2O4/c1-29-21-5-2-4-17(11-21)12-23(28)30-16-22(27)26(7-3-6-25)24-13-18-8-19(14-24)10-20(9-18)15-24/h2,4-5,11,18-20H,3,7-10,12-16H2,1H3. The van der Waals surface area contributed by atoms with E-state index in [-0.39, 0.29) is 24.5 Å². The Morgan fingerprint density at radius 2 is 1.83 bits per heavy atom. The van der Waals surface area contributed by atoms with Crippen molar-refractivity contribution in [3.05, 3.63) is 29.8 Å². The second-order valence-corrected chi connectivity index (χ2v) is 9.28. The molecule has 4 aliphatic carbocycles. The molecule has 0 heterocycles. The van der Waals surface area contributed by atoms with Crippen LogP contribution in [0.3, 0.4) is 0 Å². The predicted octanol–water partition coefficient (Wildman–Crippen LogP) is 3.49. The van der Waals surface area contributed by atoms with Crippen molar-refractivity contribution in [3.63, 3.8) is 0 Å². The van der Waals surface area contributed by atoms with E-state index in [2.05, 4.69) is 6.07 Å². The van der Waals surface area contributed by atoms with E-state index in [4.69, 9.17) is 14.7 Å². The first-order chi connectivity index (χ1) is 14.5. The molecule has 0 spiro atoms. The Bertz CT molecular complexity index is 809. The number of hydrogen-bond donors (Lipinski definition) is 0. The number of amides is 1. The van der Waals surface area contributed by atoms with E-state index >= 15 is 0 Å². The smallest absolute Gasteiger partial charge is 0.310 e. The monoisotopic (exact) mass is 410 g/mol. The second-order valence-electron chi connectivity index (χ2n) is 9.28. The van der Waals surface area contributed by atoms with Gasteiger partial charge in [0.2, 0.25) is 0 Å². The van der Waals surface area contributed by atoms with Crippen LogP contribution < -0.4 is 4.74 Å². The van der Waals surface area contributed by atoms with Gasteiger partial charge in [0.25, 0.3) is 5.91 Å². The second kappa shape index (κ2) is 8.67. The molecule has 6 nitrogen and oxygen atoms in total. The van der Waals surface area contributed by atoms with Crippen molar-refractivity contribution in [3.8, 4) is 11.8 Å². The van der Waals surface area contributed by atoms with Crippen LogP contribution in [0.5, 0.6) is 5.75 Å². The summed E-state index contributed by atoms with van der Waals surface area (Å²) in [5, 5.41) is 9.12. The largest absolute Gasteiger partial charge is 0.497 e. The molecule has 0 radical (unpaired) electrons. The van der Waals surface area contributed by atoms with E-state index in [1.807, 2.05) is 23.1 Å². The molecule has 1 amide bonds. The zero-order valence-electron chi connectivity index (χ0n) is 17.6. The van der Waals surface area contributed by atoms with Crippen LogP contribution in [0.15, 0.2) is 24.3 Å². The molecule has 4 aliphatic rings. The van der Waals surface area contributed by atoms with Gasteiger partial charge in [-0.25, -0.2) is 0 Å². The van der Waals surface area contributed by atoms with Gasteiger partial charge >= 0.3 is 5.97 Å². The highest BCUT2D eigenvalue weighted by molar-refractivity contribution is 5.82. The van der Waals surface area contributed by atoms with Crippen LogP contribution in [0.4, 0.5) is 0 Å². The van der Waals surface area contributed by atoms with Gasteiger partial charge in [0, 0.05) is 12.1 Å². The molecule has 4 saturated carbocycles. The average molecular weight is 411 g/mol. The predicted molar refractivity (Wildman–Crippen MR) is 111 cm³/mol. The molecule has 160 valence electrons. The third kappa shape index (κ3) is 4.30. The van der Waals surface area contributed by atoms with E-state index in [9.17, 15) is 9.59 Å². The lowest BCUT2D eigenvalue weighted by molar-refractivity contribution is -0.162. The Hall–Kier alpha value is -2.55. The summed E-state index contributed by atoms with van der Waals surface area (Å²) in [5.41, 5.74) is 0.649. The van der Waals surface area contributed by atoms with Crippen LogP contribution in [0.25, 0.3) is 0 Å². The highest BCUT2D eigenvalue weighted by atomic mass is 16.5. The maximum absolute atomic E-state index is 13.1. The van der Waals surface area contributed by atoms with Crippen molar-refractivity contribution in [2.75, 3.05) is 20.3 Å². The number of benzene rings is 1. The van der Waals surface area contributed by atoms with Gasteiger partial charge in [-0.3, -0.25) is 9.59 Å². The van der Waals surface area contributed by atoms with Crippen LogP contribution in [0, 0.1) is 29.1 Å². The third-order valence-electron chi connectivity index (χ3n) is 7.17. The fourth-order valence-corrected chi connectivity index (χ4v) is 6.40. The minimum absolute atomic E-state index is 0.0973. The molecule has 30 heavy (non-hydrogen) atoms. The Labute approximate surface area is 178 Å². The molecule has 1 aromatic rings. The lowest BCUT2D eigenvalue weighted by Crippen LogP contribution is -2.62. The van der Waals surface area contributed by atoms with Crippen molar-refractivity contribution in [1.29, 1.82) is 5.26 Å². The Kier molecular flexibility index (Phi) is 5.99. The maximum Gasteiger partial charge on any atom is 0.310 e. The number of nitrogens with zero attached hydrogens (tertiary/aromatic N) is 2. The van der Waals surface area contributed by atoms with Gasteiger partial charge in [0.1, 0.15) is 5.75 Å². The summed E-state index contributed by atoms with van der Waals surface area (Å²) in [6.45, 7) is 0.172. The van der Waals surface area contributed by atoms with Crippen LogP contribution in [-0.4, -0.2) is 42.6 Å². The SMILES string of the molecule is COc1cccc(CC(=O)OCC(=O)N(CCC#N)C23CC4CC(CC(C4)C2)C3)c1. The van der Waals surface area contributed by atoms with Crippen LogP contribution in [0.2, 0.25) is 0 Å². The summed E-state index contributed by atoms with van der Waals surface area (Å²) in [6.07, 6.45) is 7.38. The Balaban J connectivity index is 1.39. The van der Waals surface area contributed by atoms with Gasteiger partial charge in [-0.05, 0) is 74.0 Å². The highest BCUT2D eigenvalue weighted by Gasteiger charge is 2.54. The molecule has 5 rings (SSSR count). The number of carbonyl (C=O) groups is 2. The van der Waals surface area contributed by atoms with Crippen LogP contribution >= 0.6 is 0 Å². The number of carbonyl (C=O) groups excluding carboxylic acids is 2. The summed E-state index contributed by atoms with van der Waals surface area (Å²) >= 11 is 0. The van der Waals surface area contributed by atoms with Crippen molar-refractivity contribution in [1.82, 2.24) is 4.90 Å². The summed E-state index contributed by atoms with van der Waals surface area (Å²) < 4.78 is 10.5. The average Bonchev–Trinajstić information content (AvgIpc) is 2.71. The number of esters is 1. The summed E-state index contributed by atoms with van der Waals surface area (Å²) in [7, 11) is 1.58. The van der Waals surface area contributed by atoms with Crippen molar-refractivity contribution in [2.24, 2.45) is 17.8 Å². The first-order valence-corrected chi connectivity index (χ1v) is 11.0. The number of ether oxygens (including phenoxy) is 2. The van der Waals surface area contributed by atoms with Gasteiger partial charge < -0.3 is 14.4 Å². The summed E-state index contributed by atoms with van der Waals surface area (Å²) in [5.74, 6) is 2.19. The number of hydrogen-bond acceptors (Lipinski definition) is 5. The van der Waals surface area contributed by atoms with Gasteiger partial charge in [-0.15, -0.1) is 0 Å². The maximum atomic E-state index is 13.1. The molecule has 1 aromatic carbocycles. The topological polar surface area (TPSA) is 79.6 Å². The molecule has 0 aromatic heterocycles. The first-order valence-electron chi connectivity index (χ1n) is 11.0. The summed E-state index contributed by atoms with van der Waals surface area (Å²) in [6, 6.07) is 9.44. The van der Waals surface area contributed by atoms with E-state index in [1.54, 1.807) is 13.2 Å². The molecule has 4 fully saturated rings. The molecule has 6 heteroatoms. The molecule has 0 atom stereocenters. The number of methoxy groups -OCH3 is 1. The molecular formula is C24H30N2O4. The van der Waals surface area contributed by atoms with Gasteiger partial charge in [-0.1, -0.05) is 12.1 Å². The van der Waals surface area contributed by atoms with Crippen LogP contribution in [0.1, 0.15) is 50.5 Å². The van der Waals surface area contributed by atoms with Crippen LogP contribution in [-0.2, 0) is 20.7 Å². The molecule has 0 aliphatic heterocycles. The Morgan fingerprint density at radius 1 is 1.17 bits per heavy atom. The van der Waals surface area contributed by atoms with Crippen molar-refractivity contribution in [2.45, 2.75) is 56.9 Å². The Morgan fingerprint density at radius 3 is 2.43 bits per heavy atom. The molecule has 0 N–H and O–H groups in total. The molecule has 0 unspecified atom stereocenters. The van der Waals surface area contributed by atoms with E-state index < -0.39 is 5.97 Å². The fourth-order valence-electron chi connectivity index (χ4n) is 6.40.